The molecule has 24 heavy (non-hydrogen) atoms. The second kappa shape index (κ2) is 7.20. The normalized spacial score (nSPS) is 11.4. The molecule has 0 spiro atoms. The molecule has 4 nitrogen and oxygen atoms in total. The first-order chi connectivity index (χ1) is 11.5. The van der Waals surface area contributed by atoms with E-state index in [2.05, 4.69) is 29.3 Å². The first-order valence-corrected chi connectivity index (χ1v) is 8.16. The summed E-state index contributed by atoms with van der Waals surface area (Å²) < 4.78 is 19.7. The maximum Gasteiger partial charge on any atom is 0.231 e. The number of benzene rings is 2. The van der Waals surface area contributed by atoms with E-state index >= 15 is 0 Å². The van der Waals surface area contributed by atoms with Crippen LogP contribution in [0.5, 0.6) is 0 Å². The van der Waals surface area contributed by atoms with Gasteiger partial charge in [-0.1, -0.05) is 17.7 Å². The molecule has 6 heteroatoms. The third kappa shape index (κ3) is 3.68. The van der Waals surface area contributed by atoms with Crippen LogP contribution >= 0.6 is 11.6 Å². The average molecular weight is 348 g/mol. The molecule has 0 saturated heterocycles. The molecule has 2 aromatic carbocycles. The zero-order valence-electron chi connectivity index (χ0n) is 13.6. The summed E-state index contributed by atoms with van der Waals surface area (Å²) in [4.78, 5) is 6.53. The summed E-state index contributed by atoms with van der Waals surface area (Å²) in [5.41, 5.74) is 2.42. The molecule has 3 rings (SSSR count). The Morgan fingerprint density at radius 2 is 2.08 bits per heavy atom. The molecule has 0 aliphatic rings. The number of nitrogens with zero attached hydrogens (tertiary/aromatic N) is 2. The van der Waals surface area contributed by atoms with Crippen LogP contribution in [-0.2, 0) is 0 Å². The molecule has 3 aromatic rings. The molecule has 0 radical (unpaired) electrons. The Morgan fingerprint density at radius 3 is 2.83 bits per heavy atom. The number of hydrogen-bond donors (Lipinski definition) is 1. The van der Waals surface area contributed by atoms with E-state index in [1.165, 1.54) is 6.07 Å². The molecular weight excluding hydrogens is 329 g/mol. The number of anilines is 1. The van der Waals surface area contributed by atoms with Crippen LogP contribution in [0, 0.1) is 5.82 Å². The Balaban J connectivity index is 1.82. The van der Waals surface area contributed by atoms with Gasteiger partial charge in [0.2, 0.25) is 5.89 Å². The third-order valence-corrected chi connectivity index (χ3v) is 3.99. The fourth-order valence-corrected chi connectivity index (χ4v) is 2.72. The Hall–Kier alpha value is -2.11. The van der Waals surface area contributed by atoms with Crippen molar-refractivity contribution in [3.8, 4) is 11.5 Å². The molecule has 0 unspecified atom stereocenters. The molecule has 0 atom stereocenters. The monoisotopic (exact) mass is 347 g/mol. The number of rotatable bonds is 6. The Bertz CT molecular complexity index is 827. The summed E-state index contributed by atoms with van der Waals surface area (Å²) >= 11 is 6.08. The van der Waals surface area contributed by atoms with E-state index in [1.807, 2.05) is 18.2 Å². The predicted molar refractivity (Wildman–Crippen MR) is 96.1 cm³/mol. The van der Waals surface area contributed by atoms with Gasteiger partial charge in [0.25, 0.3) is 0 Å². The van der Waals surface area contributed by atoms with Crippen LogP contribution in [0.25, 0.3) is 22.6 Å². The Morgan fingerprint density at radius 1 is 1.25 bits per heavy atom. The quantitative estimate of drug-likeness (QED) is 0.659. The fourth-order valence-electron chi connectivity index (χ4n) is 2.47. The molecule has 0 amide bonds. The molecule has 126 valence electrons. The third-order valence-electron chi connectivity index (χ3n) is 3.68. The van der Waals surface area contributed by atoms with Crippen LogP contribution in [0.1, 0.15) is 6.42 Å². The van der Waals surface area contributed by atoms with Crippen LogP contribution < -0.4 is 5.32 Å². The van der Waals surface area contributed by atoms with Crippen molar-refractivity contribution in [2.45, 2.75) is 6.42 Å². The van der Waals surface area contributed by atoms with Gasteiger partial charge in [0.1, 0.15) is 11.3 Å². The van der Waals surface area contributed by atoms with Gasteiger partial charge < -0.3 is 14.6 Å². The van der Waals surface area contributed by atoms with Gasteiger partial charge in [0.05, 0.1) is 10.6 Å². The lowest BCUT2D eigenvalue weighted by molar-refractivity contribution is 0.405. The lowest BCUT2D eigenvalue weighted by Crippen LogP contribution is -2.16. The van der Waals surface area contributed by atoms with Gasteiger partial charge in [-0.15, -0.1) is 0 Å². The Labute approximate surface area is 145 Å². The second-order valence-corrected chi connectivity index (χ2v) is 6.29. The fraction of sp³-hybridized carbons (Fsp3) is 0.278. The minimum absolute atomic E-state index is 0.191. The van der Waals surface area contributed by atoms with Gasteiger partial charge in [-0.2, -0.15) is 0 Å². The van der Waals surface area contributed by atoms with Crippen molar-refractivity contribution < 1.29 is 8.81 Å². The highest BCUT2D eigenvalue weighted by Crippen LogP contribution is 2.32. The second-order valence-electron chi connectivity index (χ2n) is 5.88. The molecule has 0 saturated carbocycles. The van der Waals surface area contributed by atoms with Gasteiger partial charge in [0, 0.05) is 12.2 Å². The summed E-state index contributed by atoms with van der Waals surface area (Å²) in [5, 5.41) is 3.64. The molecule has 0 aliphatic heterocycles. The molecular formula is C18H19ClFN3O. The van der Waals surface area contributed by atoms with E-state index in [4.69, 9.17) is 16.0 Å². The van der Waals surface area contributed by atoms with Crippen LogP contribution in [-0.4, -0.2) is 37.1 Å². The van der Waals surface area contributed by atoms with Gasteiger partial charge >= 0.3 is 0 Å². The summed E-state index contributed by atoms with van der Waals surface area (Å²) in [7, 11) is 4.10. The maximum atomic E-state index is 14.0. The topological polar surface area (TPSA) is 41.3 Å². The molecule has 1 aromatic heterocycles. The Kier molecular flexibility index (Phi) is 5.02. The predicted octanol–water partition coefficient (Wildman–Crippen LogP) is 4.65. The number of halogens is 2. The largest absolute Gasteiger partial charge is 0.436 e. The highest BCUT2D eigenvalue weighted by atomic mass is 35.5. The number of fused-ring (bicyclic) bond motifs is 1. The molecule has 1 heterocycles. The van der Waals surface area contributed by atoms with Crippen LogP contribution in [0.4, 0.5) is 10.1 Å². The smallest absolute Gasteiger partial charge is 0.231 e. The zero-order valence-corrected chi connectivity index (χ0v) is 14.4. The highest BCUT2D eigenvalue weighted by Gasteiger charge is 2.16. The van der Waals surface area contributed by atoms with E-state index in [9.17, 15) is 4.39 Å². The van der Waals surface area contributed by atoms with E-state index in [-0.39, 0.29) is 16.5 Å². The lowest BCUT2D eigenvalue weighted by atomic mass is 10.2. The van der Waals surface area contributed by atoms with Gasteiger partial charge in [0.15, 0.2) is 5.58 Å². The zero-order chi connectivity index (χ0) is 17.1. The summed E-state index contributed by atoms with van der Waals surface area (Å²) in [6, 6.07) is 10.2. The van der Waals surface area contributed by atoms with E-state index in [1.54, 1.807) is 12.1 Å². The first-order valence-electron chi connectivity index (χ1n) is 7.78. The maximum absolute atomic E-state index is 14.0. The van der Waals surface area contributed by atoms with Crippen molar-refractivity contribution in [2.75, 3.05) is 32.5 Å². The van der Waals surface area contributed by atoms with E-state index < -0.39 is 5.82 Å². The van der Waals surface area contributed by atoms with Gasteiger partial charge in [-0.25, -0.2) is 9.37 Å². The first kappa shape index (κ1) is 16.7. The van der Waals surface area contributed by atoms with Gasteiger partial charge in [-0.3, -0.25) is 0 Å². The summed E-state index contributed by atoms with van der Waals surface area (Å²) in [5.74, 6) is -0.256. The number of nitrogens with one attached hydrogen (secondary N) is 1. The summed E-state index contributed by atoms with van der Waals surface area (Å²) in [6.07, 6.45) is 1.04. The molecule has 0 bridgehead atoms. The van der Waals surface area contributed by atoms with Crippen LogP contribution in [0.15, 0.2) is 40.8 Å². The molecule has 1 N–H and O–H groups in total. The lowest BCUT2D eigenvalue weighted by Gasteiger charge is -2.10. The van der Waals surface area contributed by atoms with Crippen LogP contribution in [0.3, 0.4) is 0 Å². The van der Waals surface area contributed by atoms with E-state index in [0.29, 0.717) is 11.1 Å². The SMILES string of the molecule is CN(C)CCCNc1ccc2oc(-c3c(F)cccc3Cl)nc2c1. The van der Waals surface area contributed by atoms with Crippen molar-refractivity contribution in [2.24, 2.45) is 0 Å². The number of aromatic nitrogens is 1. The van der Waals surface area contributed by atoms with Crippen molar-refractivity contribution in [1.29, 1.82) is 0 Å². The molecule has 0 aliphatic carbocycles. The standard InChI is InChI=1S/C18H19ClFN3O/c1-23(2)10-4-9-21-12-7-8-16-15(11-12)22-18(24-16)17-13(19)5-3-6-14(17)20/h3,5-8,11,21H,4,9-10H2,1-2H3. The minimum Gasteiger partial charge on any atom is -0.436 e. The van der Waals surface area contributed by atoms with Crippen LogP contribution in [0.2, 0.25) is 5.02 Å². The number of oxazole rings is 1. The minimum atomic E-state index is -0.448. The van der Waals surface area contributed by atoms with Crippen molar-refractivity contribution in [3.05, 3.63) is 47.2 Å². The van der Waals surface area contributed by atoms with Gasteiger partial charge in [-0.05, 0) is 57.4 Å². The molecule has 0 fully saturated rings. The van der Waals surface area contributed by atoms with Crippen molar-refractivity contribution in [3.63, 3.8) is 0 Å². The van der Waals surface area contributed by atoms with Crippen molar-refractivity contribution >= 4 is 28.4 Å². The summed E-state index contributed by atoms with van der Waals surface area (Å²) in [6.45, 7) is 1.89. The average Bonchev–Trinajstić information content (AvgIpc) is 2.94. The highest BCUT2D eigenvalue weighted by molar-refractivity contribution is 6.33. The van der Waals surface area contributed by atoms with Crippen molar-refractivity contribution in [1.82, 2.24) is 9.88 Å². The number of hydrogen-bond acceptors (Lipinski definition) is 4. The van der Waals surface area contributed by atoms with E-state index in [0.717, 1.165) is 25.2 Å².